The van der Waals surface area contributed by atoms with Crippen LogP contribution >= 0.6 is 12.4 Å². The quantitative estimate of drug-likeness (QED) is 0.720. The third-order valence-corrected chi connectivity index (χ3v) is 4.00. The van der Waals surface area contributed by atoms with Crippen molar-refractivity contribution in [3.8, 4) is 0 Å². The van der Waals surface area contributed by atoms with E-state index in [0.29, 0.717) is 0 Å². The van der Waals surface area contributed by atoms with Crippen molar-refractivity contribution in [2.24, 2.45) is 7.05 Å². The molecule has 2 rings (SSSR count). The first-order valence-electron chi connectivity index (χ1n) is 5.42. The topological polar surface area (TPSA) is 79.3 Å². The van der Waals surface area contributed by atoms with Gasteiger partial charge in [-0.3, -0.25) is 4.68 Å². The van der Waals surface area contributed by atoms with Crippen LogP contribution in [0, 0.1) is 0 Å². The average molecular weight is 296 g/mol. The van der Waals surface area contributed by atoms with Gasteiger partial charge in [0.25, 0.3) is 10.0 Å². The lowest BCUT2D eigenvalue weighted by molar-refractivity contribution is 0.393. The van der Waals surface area contributed by atoms with Gasteiger partial charge in [-0.25, -0.2) is 13.8 Å². The van der Waals surface area contributed by atoms with E-state index >= 15 is 0 Å². The van der Waals surface area contributed by atoms with Crippen molar-refractivity contribution < 1.29 is 8.42 Å². The second-order valence-corrected chi connectivity index (χ2v) is 6.03. The third-order valence-electron chi connectivity index (χ3n) is 2.78. The number of aryl methyl sites for hydroxylation is 1. The molecular formula is C9H18ClN5O2S. The van der Waals surface area contributed by atoms with Crippen molar-refractivity contribution in [3.63, 3.8) is 0 Å². The van der Waals surface area contributed by atoms with Crippen LogP contribution in [0.25, 0.3) is 0 Å². The zero-order valence-electron chi connectivity index (χ0n) is 10.3. The second kappa shape index (κ2) is 5.98. The first-order valence-corrected chi connectivity index (χ1v) is 6.90. The molecule has 104 valence electrons. The van der Waals surface area contributed by atoms with Gasteiger partial charge < -0.3 is 4.90 Å². The second-order valence-electron chi connectivity index (χ2n) is 4.35. The largest absolute Gasteiger partial charge is 0.305 e. The number of aromatic nitrogens is 2. The molecule has 0 aliphatic carbocycles. The molecule has 1 aromatic rings. The summed E-state index contributed by atoms with van der Waals surface area (Å²) in [6, 6.07) is 0.159. The Labute approximate surface area is 113 Å². The number of hydrogen-bond acceptors (Lipinski definition) is 5. The Morgan fingerprint density at radius 3 is 2.67 bits per heavy atom. The summed E-state index contributed by atoms with van der Waals surface area (Å²) in [5.41, 5.74) is 2.84. The fraction of sp³-hybridized carbons (Fsp3) is 0.667. The maximum Gasteiger partial charge on any atom is 0.256 e. The molecule has 0 unspecified atom stereocenters. The maximum atomic E-state index is 11.8. The summed E-state index contributed by atoms with van der Waals surface area (Å²) in [7, 11) is 0.183. The fourth-order valence-electron chi connectivity index (χ4n) is 1.81. The van der Waals surface area contributed by atoms with E-state index in [4.69, 9.17) is 0 Å². The molecule has 1 aliphatic heterocycles. The van der Waals surface area contributed by atoms with Crippen LogP contribution < -0.4 is 10.3 Å². The van der Waals surface area contributed by atoms with Gasteiger partial charge in [-0.1, -0.05) is 0 Å². The van der Waals surface area contributed by atoms with Crippen molar-refractivity contribution in [2.75, 3.05) is 20.1 Å². The monoisotopic (exact) mass is 295 g/mol. The van der Waals surface area contributed by atoms with E-state index in [0.717, 1.165) is 19.5 Å². The summed E-state index contributed by atoms with van der Waals surface area (Å²) < 4.78 is 25.1. The molecule has 0 saturated carbocycles. The molecule has 2 N–H and O–H groups in total. The van der Waals surface area contributed by atoms with E-state index in [9.17, 15) is 8.42 Å². The Kier molecular flexibility index (Phi) is 5.11. The summed E-state index contributed by atoms with van der Waals surface area (Å²) in [6.45, 7) is 1.82. The highest BCUT2D eigenvalue weighted by Gasteiger charge is 2.22. The van der Waals surface area contributed by atoms with Gasteiger partial charge >= 0.3 is 0 Å². The highest BCUT2D eigenvalue weighted by atomic mass is 35.5. The Bertz CT molecular complexity index is 489. The lowest BCUT2D eigenvalue weighted by Crippen LogP contribution is -2.45. The number of likely N-dealkylation sites (N-methyl/N-ethyl adjacent to an activating group) is 1. The minimum absolute atomic E-state index is 0. The number of halogens is 1. The standard InChI is InChI=1S/C9H17N5O2S.ClH/c1-13-4-3-8(6-13)11-12-17(15,16)9-5-10-14(2)7-9;/h5,7-8,11-12H,3-4,6H2,1-2H3;1H/t8-;/m0./s1. The summed E-state index contributed by atoms with van der Waals surface area (Å²) >= 11 is 0. The molecule has 0 aromatic carbocycles. The fourth-order valence-corrected chi connectivity index (χ4v) is 2.73. The van der Waals surface area contributed by atoms with Crippen LogP contribution in [-0.4, -0.2) is 49.3 Å². The first-order chi connectivity index (χ1) is 7.97. The van der Waals surface area contributed by atoms with Crippen LogP contribution in [-0.2, 0) is 17.1 Å². The molecule has 0 radical (unpaired) electrons. The summed E-state index contributed by atoms with van der Waals surface area (Å²) in [5, 5.41) is 3.84. The van der Waals surface area contributed by atoms with E-state index in [1.165, 1.54) is 17.1 Å². The predicted octanol–water partition coefficient (Wildman–Crippen LogP) is -0.671. The molecule has 0 amide bonds. The lowest BCUT2D eigenvalue weighted by Gasteiger charge is -2.13. The highest BCUT2D eigenvalue weighted by Crippen LogP contribution is 2.07. The molecule has 1 aromatic heterocycles. The normalized spacial score (nSPS) is 20.9. The number of hydrogen-bond donors (Lipinski definition) is 2. The van der Waals surface area contributed by atoms with Crippen LogP contribution in [0.2, 0.25) is 0 Å². The Morgan fingerprint density at radius 2 is 2.17 bits per heavy atom. The van der Waals surface area contributed by atoms with E-state index in [2.05, 4.69) is 20.3 Å². The molecule has 9 heteroatoms. The Balaban J connectivity index is 0.00000162. The number of nitrogens with one attached hydrogen (secondary N) is 2. The van der Waals surface area contributed by atoms with Gasteiger partial charge in [0.1, 0.15) is 4.90 Å². The molecule has 1 fully saturated rings. The predicted molar refractivity (Wildman–Crippen MR) is 69.8 cm³/mol. The first kappa shape index (κ1) is 15.4. The number of sulfonamides is 1. The van der Waals surface area contributed by atoms with Crippen molar-refractivity contribution >= 4 is 22.4 Å². The number of likely N-dealkylation sites (tertiary alicyclic amines) is 1. The van der Waals surface area contributed by atoms with E-state index in [1.54, 1.807) is 7.05 Å². The molecular weight excluding hydrogens is 278 g/mol. The molecule has 18 heavy (non-hydrogen) atoms. The SMILES string of the molecule is CN1CC[C@H](NNS(=O)(=O)c2cnn(C)c2)C1.Cl. The van der Waals surface area contributed by atoms with Gasteiger partial charge in [-0.15, -0.1) is 17.2 Å². The van der Waals surface area contributed by atoms with Gasteiger partial charge in [0.15, 0.2) is 0 Å². The lowest BCUT2D eigenvalue weighted by atomic mass is 10.3. The van der Waals surface area contributed by atoms with Gasteiger partial charge in [0, 0.05) is 25.8 Å². The molecule has 0 bridgehead atoms. The van der Waals surface area contributed by atoms with Crippen LogP contribution in [0.5, 0.6) is 0 Å². The molecule has 1 aliphatic rings. The van der Waals surface area contributed by atoms with Gasteiger partial charge in [-0.2, -0.15) is 5.10 Å². The number of nitrogens with zero attached hydrogens (tertiary/aromatic N) is 3. The van der Waals surface area contributed by atoms with Crippen molar-refractivity contribution in [3.05, 3.63) is 12.4 Å². The van der Waals surface area contributed by atoms with Crippen LogP contribution in [0.1, 0.15) is 6.42 Å². The van der Waals surface area contributed by atoms with E-state index in [1.807, 2.05) is 7.05 Å². The summed E-state index contributed by atoms with van der Waals surface area (Å²) in [5.74, 6) is 0. The van der Waals surface area contributed by atoms with Crippen LogP contribution in [0.15, 0.2) is 17.3 Å². The number of hydrazine groups is 1. The molecule has 7 nitrogen and oxygen atoms in total. The van der Waals surface area contributed by atoms with Crippen molar-refractivity contribution in [1.29, 1.82) is 0 Å². The van der Waals surface area contributed by atoms with Crippen molar-refractivity contribution in [1.82, 2.24) is 24.9 Å². The van der Waals surface area contributed by atoms with Crippen LogP contribution in [0.3, 0.4) is 0 Å². The zero-order valence-corrected chi connectivity index (χ0v) is 12.0. The summed E-state index contributed by atoms with van der Waals surface area (Å²) in [6.07, 6.45) is 3.72. The van der Waals surface area contributed by atoms with E-state index < -0.39 is 10.0 Å². The molecule has 1 saturated heterocycles. The smallest absolute Gasteiger partial charge is 0.256 e. The van der Waals surface area contributed by atoms with Crippen LogP contribution in [0.4, 0.5) is 0 Å². The molecule has 1 atom stereocenters. The minimum Gasteiger partial charge on any atom is -0.305 e. The Morgan fingerprint density at radius 1 is 1.44 bits per heavy atom. The molecule has 2 heterocycles. The number of rotatable bonds is 4. The summed E-state index contributed by atoms with van der Waals surface area (Å²) in [4.78, 5) is 4.71. The van der Waals surface area contributed by atoms with Crippen molar-refractivity contribution in [2.45, 2.75) is 17.4 Å². The van der Waals surface area contributed by atoms with Gasteiger partial charge in [0.05, 0.1) is 6.20 Å². The third kappa shape index (κ3) is 3.66. The Hall–Kier alpha value is -0.670. The minimum atomic E-state index is -3.51. The zero-order chi connectivity index (χ0) is 12.5. The highest BCUT2D eigenvalue weighted by molar-refractivity contribution is 7.89. The maximum absolute atomic E-state index is 11.8. The average Bonchev–Trinajstić information content (AvgIpc) is 2.85. The van der Waals surface area contributed by atoms with E-state index in [-0.39, 0.29) is 23.3 Å². The van der Waals surface area contributed by atoms with Gasteiger partial charge in [0.2, 0.25) is 0 Å². The van der Waals surface area contributed by atoms with Gasteiger partial charge in [-0.05, 0) is 20.0 Å². The molecule has 0 spiro atoms.